The Bertz CT molecular complexity index is 578. The molecular formula is C13H13ClN2O2. The number of rotatable bonds is 4. The maximum absolute atomic E-state index is 11.2. The summed E-state index contributed by atoms with van der Waals surface area (Å²) in [7, 11) is 0. The molecule has 1 aromatic carbocycles. The number of aromatic nitrogens is 2. The Balaban J connectivity index is 2.45. The van der Waals surface area contributed by atoms with Gasteiger partial charge in [-0.2, -0.15) is 5.10 Å². The minimum atomic E-state index is -0.990. The molecule has 1 aromatic heterocycles. The summed E-state index contributed by atoms with van der Waals surface area (Å²) >= 11 is 5.82. The Kier molecular flexibility index (Phi) is 3.67. The number of aromatic carboxylic acids is 1. The third kappa shape index (κ3) is 2.54. The summed E-state index contributed by atoms with van der Waals surface area (Å²) < 4.78 is 1.80. The normalized spacial score (nSPS) is 10.6. The number of hydrogen-bond donors (Lipinski definition) is 1. The minimum absolute atomic E-state index is 0.193. The van der Waals surface area contributed by atoms with Gasteiger partial charge in [-0.25, -0.2) is 4.79 Å². The van der Waals surface area contributed by atoms with Crippen molar-refractivity contribution < 1.29 is 9.90 Å². The van der Waals surface area contributed by atoms with Crippen LogP contribution in [-0.4, -0.2) is 20.9 Å². The lowest BCUT2D eigenvalue weighted by Crippen LogP contribution is -1.99. The molecule has 0 aliphatic rings. The van der Waals surface area contributed by atoms with Gasteiger partial charge in [0.1, 0.15) is 0 Å². The second-order valence-corrected chi connectivity index (χ2v) is 4.42. The number of aryl methyl sites for hydroxylation is 1. The number of benzene rings is 1. The van der Waals surface area contributed by atoms with Gasteiger partial charge in [0.05, 0.1) is 11.8 Å². The molecule has 4 nitrogen and oxygen atoms in total. The van der Waals surface area contributed by atoms with Gasteiger partial charge in [-0.1, -0.05) is 24.6 Å². The summed E-state index contributed by atoms with van der Waals surface area (Å²) in [5.41, 5.74) is 1.62. The van der Waals surface area contributed by atoms with Gasteiger partial charge < -0.3 is 5.11 Å². The summed E-state index contributed by atoms with van der Waals surface area (Å²) in [5.74, 6) is -0.990. The number of halogens is 1. The van der Waals surface area contributed by atoms with Crippen LogP contribution < -0.4 is 0 Å². The monoisotopic (exact) mass is 264 g/mol. The van der Waals surface area contributed by atoms with Crippen LogP contribution >= 0.6 is 11.6 Å². The first-order valence-electron chi connectivity index (χ1n) is 5.67. The van der Waals surface area contributed by atoms with E-state index in [1.54, 1.807) is 23.0 Å². The molecule has 94 valence electrons. The van der Waals surface area contributed by atoms with Crippen molar-refractivity contribution in [3.05, 3.63) is 41.2 Å². The topological polar surface area (TPSA) is 55.1 Å². The third-order valence-corrected chi connectivity index (χ3v) is 2.84. The first-order chi connectivity index (χ1) is 8.61. The van der Waals surface area contributed by atoms with Crippen LogP contribution in [0.25, 0.3) is 11.1 Å². The Labute approximate surface area is 110 Å². The van der Waals surface area contributed by atoms with E-state index in [0.29, 0.717) is 10.6 Å². The van der Waals surface area contributed by atoms with E-state index in [1.165, 1.54) is 6.07 Å². The highest BCUT2D eigenvalue weighted by molar-refractivity contribution is 6.31. The summed E-state index contributed by atoms with van der Waals surface area (Å²) in [6.07, 6.45) is 4.50. The third-order valence-electron chi connectivity index (χ3n) is 2.61. The van der Waals surface area contributed by atoms with Crippen LogP contribution in [0.2, 0.25) is 5.02 Å². The largest absolute Gasteiger partial charge is 0.478 e. The molecule has 0 aliphatic carbocycles. The molecule has 5 heteroatoms. The van der Waals surface area contributed by atoms with Gasteiger partial charge in [0.2, 0.25) is 0 Å². The van der Waals surface area contributed by atoms with Gasteiger partial charge >= 0.3 is 5.97 Å². The molecule has 0 fully saturated rings. The lowest BCUT2D eigenvalue weighted by molar-refractivity contribution is 0.0697. The van der Waals surface area contributed by atoms with Crippen LogP contribution in [0.4, 0.5) is 0 Å². The molecule has 18 heavy (non-hydrogen) atoms. The Morgan fingerprint density at radius 2 is 2.28 bits per heavy atom. The van der Waals surface area contributed by atoms with Crippen molar-refractivity contribution in [3.63, 3.8) is 0 Å². The maximum Gasteiger partial charge on any atom is 0.336 e. The highest BCUT2D eigenvalue weighted by atomic mass is 35.5. The molecule has 1 N–H and O–H groups in total. The molecule has 2 rings (SSSR count). The quantitative estimate of drug-likeness (QED) is 0.922. The molecule has 0 amide bonds. The van der Waals surface area contributed by atoms with E-state index < -0.39 is 5.97 Å². The number of carbonyl (C=O) groups is 1. The molecule has 0 bridgehead atoms. The second kappa shape index (κ2) is 5.23. The zero-order valence-corrected chi connectivity index (χ0v) is 10.7. The van der Waals surface area contributed by atoms with Crippen LogP contribution in [0.15, 0.2) is 30.6 Å². The zero-order chi connectivity index (χ0) is 13.1. The first-order valence-corrected chi connectivity index (χ1v) is 6.05. The van der Waals surface area contributed by atoms with Crippen LogP contribution in [0, 0.1) is 0 Å². The van der Waals surface area contributed by atoms with Crippen molar-refractivity contribution in [3.8, 4) is 11.1 Å². The van der Waals surface area contributed by atoms with Crippen LogP contribution in [0.3, 0.4) is 0 Å². The van der Waals surface area contributed by atoms with Gasteiger partial charge in [0.15, 0.2) is 0 Å². The van der Waals surface area contributed by atoms with E-state index in [4.69, 9.17) is 11.6 Å². The van der Waals surface area contributed by atoms with Crippen LogP contribution in [0.1, 0.15) is 23.7 Å². The maximum atomic E-state index is 11.2. The zero-order valence-electron chi connectivity index (χ0n) is 9.93. The number of carboxylic acids is 1. The molecule has 0 unspecified atom stereocenters. The van der Waals surface area contributed by atoms with E-state index >= 15 is 0 Å². The molecule has 1 heterocycles. The first kappa shape index (κ1) is 12.6. The summed E-state index contributed by atoms with van der Waals surface area (Å²) in [6.45, 7) is 2.88. The van der Waals surface area contributed by atoms with E-state index in [2.05, 4.69) is 12.0 Å². The standard InChI is InChI=1S/C13H13ClN2O2/c1-2-5-16-8-9(7-15-16)11-4-3-10(14)6-12(11)13(17)18/h3-4,6-8H,2,5H2,1H3,(H,17,18). The number of hydrogen-bond acceptors (Lipinski definition) is 2. The highest BCUT2D eigenvalue weighted by Crippen LogP contribution is 2.26. The van der Waals surface area contributed by atoms with Crippen molar-refractivity contribution >= 4 is 17.6 Å². The van der Waals surface area contributed by atoms with Crippen molar-refractivity contribution in [1.29, 1.82) is 0 Å². The molecule has 0 atom stereocenters. The Morgan fingerprint density at radius 1 is 1.50 bits per heavy atom. The van der Waals surface area contributed by atoms with E-state index in [1.807, 2.05) is 6.20 Å². The van der Waals surface area contributed by atoms with Gasteiger partial charge in [0.25, 0.3) is 0 Å². The summed E-state index contributed by atoms with van der Waals surface area (Å²) in [5, 5.41) is 13.8. The molecule has 0 saturated carbocycles. The minimum Gasteiger partial charge on any atom is -0.478 e. The van der Waals surface area contributed by atoms with Gasteiger partial charge in [-0.05, 0) is 24.1 Å². The molecule has 0 radical (unpaired) electrons. The Morgan fingerprint density at radius 3 is 2.94 bits per heavy atom. The fraction of sp³-hybridized carbons (Fsp3) is 0.231. The lowest BCUT2D eigenvalue weighted by Gasteiger charge is -2.04. The average molecular weight is 265 g/mol. The van der Waals surface area contributed by atoms with Crippen molar-refractivity contribution in [2.45, 2.75) is 19.9 Å². The highest BCUT2D eigenvalue weighted by Gasteiger charge is 2.13. The van der Waals surface area contributed by atoms with Crippen LogP contribution in [0.5, 0.6) is 0 Å². The fourth-order valence-corrected chi connectivity index (χ4v) is 1.97. The van der Waals surface area contributed by atoms with E-state index in [-0.39, 0.29) is 5.56 Å². The van der Waals surface area contributed by atoms with Crippen molar-refractivity contribution in [2.24, 2.45) is 0 Å². The fourth-order valence-electron chi connectivity index (χ4n) is 1.80. The summed E-state index contributed by atoms with van der Waals surface area (Å²) in [4.78, 5) is 11.2. The van der Waals surface area contributed by atoms with Crippen molar-refractivity contribution in [1.82, 2.24) is 9.78 Å². The predicted molar refractivity (Wildman–Crippen MR) is 69.9 cm³/mol. The smallest absolute Gasteiger partial charge is 0.336 e. The molecular weight excluding hydrogens is 252 g/mol. The molecule has 2 aromatic rings. The van der Waals surface area contributed by atoms with E-state index in [0.717, 1.165) is 18.5 Å². The number of nitrogens with zero attached hydrogens (tertiary/aromatic N) is 2. The lowest BCUT2D eigenvalue weighted by atomic mass is 10.0. The van der Waals surface area contributed by atoms with Gasteiger partial charge in [-0.15, -0.1) is 0 Å². The van der Waals surface area contributed by atoms with Gasteiger partial charge in [-0.3, -0.25) is 4.68 Å². The molecule has 0 saturated heterocycles. The molecule has 0 aliphatic heterocycles. The second-order valence-electron chi connectivity index (χ2n) is 3.99. The Hall–Kier alpha value is -1.81. The van der Waals surface area contributed by atoms with Gasteiger partial charge in [0, 0.05) is 23.3 Å². The summed E-state index contributed by atoms with van der Waals surface area (Å²) in [6, 6.07) is 4.84. The SMILES string of the molecule is CCCn1cc(-c2ccc(Cl)cc2C(=O)O)cn1. The average Bonchev–Trinajstić information content (AvgIpc) is 2.78. The van der Waals surface area contributed by atoms with Crippen LogP contribution in [-0.2, 0) is 6.54 Å². The van der Waals surface area contributed by atoms with Crippen molar-refractivity contribution in [2.75, 3.05) is 0 Å². The number of carboxylic acid groups (broad SMARTS) is 1. The van der Waals surface area contributed by atoms with E-state index in [9.17, 15) is 9.90 Å². The molecule has 0 spiro atoms. The predicted octanol–water partition coefficient (Wildman–Crippen LogP) is 3.31.